The summed E-state index contributed by atoms with van der Waals surface area (Å²) >= 11 is 5.96. The Labute approximate surface area is 108 Å². The molecule has 0 aliphatic rings. The lowest BCUT2D eigenvalue weighted by Gasteiger charge is -2.08. The fourth-order valence-corrected chi connectivity index (χ4v) is 1.68. The minimum atomic E-state index is -0.961. The van der Waals surface area contributed by atoms with Gasteiger partial charge in [0, 0.05) is 17.6 Å². The fourth-order valence-electron chi connectivity index (χ4n) is 1.43. The zero-order valence-corrected chi connectivity index (χ0v) is 10.0. The largest absolute Gasteiger partial charge is 0.457 e. The van der Waals surface area contributed by atoms with Gasteiger partial charge in [-0.25, -0.2) is 8.78 Å². The molecule has 0 unspecified atom stereocenters. The highest BCUT2D eigenvalue weighted by Crippen LogP contribution is 2.27. The Kier molecular flexibility index (Phi) is 3.79. The van der Waals surface area contributed by atoms with Crippen molar-refractivity contribution in [2.45, 2.75) is 6.54 Å². The normalized spacial score (nSPS) is 10.4. The third-order valence-corrected chi connectivity index (χ3v) is 2.72. The molecule has 2 N–H and O–H groups in total. The molecule has 0 radical (unpaired) electrons. The summed E-state index contributed by atoms with van der Waals surface area (Å²) in [5.41, 5.74) is 6.26. The Balaban J connectivity index is 2.23. The summed E-state index contributed by atoms with van der Waals surface area (Å²) in [6, 6.07) is 8.27. The van der Waals surface area contributed by atoms with E-state index in [0.717, 1.165) is 17.7 Å². The molecule has 18 heavy (non-hydrogen) atoms. The quantitative estimate of drug-likeness (QED) is 0.918. The van der Waals surface area contributed by atoms with Crippen LogP contribution in [0.15, 0.2) is 36.4 Å². The van der Waals surface area contributed by atoms with Gasteiger partial charge in [-0.3, -0.25) is 0 Å². The van der Waals surface area contributed by atoms with Gasteiger partial charge in [-0.1, -0.05) is 17.7 Å². The molecule has 2 nitrogen and oxygen atoms in total. The topological polar surface area (TPSA) is 35.2 Å². The van der Waals surface area contributed by atoms with Crippen molar-refractivity contribution >= 4 is 11.6 Å². The van der Waals surface area contributed by atoms with Crippen molar-refractivity contribution in [1.29, 1.82) is 0 Å². The maximum absolute atomic E-state index is 13.0. The van der Waals surface area contributed by atoms with Gasteiger partial charge >= 0.3 is 0 Å². The summed E-state index contributed by atoms with van der Waals surface area (Å²) < 4.78 is 31.1. The molecule has 0 atom stereocenters. The zero-order valence-electron chi connectivity index (χ0n) is 9.29. The van der Waals surface area contributed by atoms with E-state index in [9.17, 15) is 8.78 Å². The molecule has 0 saturated heterocycles. The first-order chi connectivity index (χ1) is 8.60. The summed E-state index contributed by atoms with van der Waals surface area (Å²) in [7, 11) is 0. The Morgan fingerprint density at radius 2 is 1.67 bits per heavy atom. The van der Waals surface area contributed by atoms with Crippen LogP contribution in [-0.4, -0.2) is 0 Å². The molecule has 0 spiro atoms. The lowest BCUT2D eigenvalue weighted by Crippen LogP contribution is -1.97. The summed E-state index contributed by atoms with van der Waals surface area (Å²) in [4.78, 5) is 0. The second-order valence-electron chi connectivity index (χ2n) is 3.64. The minimum Gasteiger partial charge on any atom is -0.457 e. The van der Waals surface area contributed by atoms with Crippen molar-refractivity contribution in [3.05, 3.63) is 58.6 Å². The van der Waals surface area contributed by atoms with E-state index < -0.39 is 11.6 Å². The highest BCUT2D eigenvalue weighted by atomic mass is 35.5. The summed E-state index contributed by atoms with van der Waals surface area (Å²) in [5.74, 6) is -1.25. The number of ether oxygens (including phenoxy) is 1. The van der Waals surface area contributed by atoms with Crippen molar-refractivity contribution in [2.75, 3.05) is 0 Å². The summed E-state index contributed by atoms with van der Waals surface area (Å²) in [6.07, 6.45) is 0. The minimum absolute atomic E-state index is 0.200. The van der Waals surface area contributed by atoms with Gasteiger partial charge in [0.15, 0.2) is 11.6 Å². The molecule has 0 aromatic heterocycles. The molecule has 2 aromatic rings. The average Bonchev–Trinajstić information content (AvgIpc) is 2.34. The predicted molar refractivity (Wildman–Crippen MR) is 65.8 cm³/mol. The van der Waals surface area contributed by atoms with Crippen LogP contribution in [0.1, 0.15) is 5.56 Å². The first kappa shape index (κ1) is 12.8. The highest BCUT2D eigenvalue weighted by molar-refractivity contribution is 6.31. The van der Waals surface area contributed by atoms with E-state index in [1.165, 1.54) is 6.07 Å². The predicted octanol–water partition coefficient (Wildman–Crippen LogP) is 3.87. The molecule has 2 aromatic carbocycles. The van der Waals surface area contributed by atoms with Gasteiger partial charge in [0.1, 0.15) is 11.5 Å². The smallest absolute Gasteiger partial charge is 0.162 e. The lowest BCUT2D eigenvalue weighted by atomic mass is 10.2. The van der Waals surface area contributed by atoms with Crippen molar-refractivity contribution in [3.8, 4) is 11.5 Å². The van der Waals surface area contributed by atoms with Gasteiger partial charge in [-0.05, 0) is 29.8 Å². The maximum atomic E-state index is 13.0. The fraction of sp³-hybridized carbons (Fsp3) is 0.0769. The molecule has 0 saturated carbocycles. The third kappa shape index (κ3) is 2.78. The number of rotatable bonds is 3. The van der Waals surface area contributed by atoms with Gasteiger partial charge in [-0.2, -0.15) is 0 Å². The molecular formula is C13H10ClF2NO. The van der Waals surface area contributed by atoms with Gasteiger partial charge in [0.05, 0.1) is 0 Å². The molecule has 0 aliphatic carbocycles. The lowest BCUT2D eigenvalue weighted by molar-refractivity contribution is 0.461. The highest BCUT2D eigenvalue weighted by Gasteiger charge is 2.06. The second kappa shape index (κ2) is 5.33. The summed E-state index contributed by atoms with van der Waals surface area (Å²) in [5, 5.41) is 0.470. The molecule has 94 valence electrons. The number of nitrogens with two attached hydrogens (primary N) is 1. The standard InChI is InChI=1S/C13H10ClF2NO/c14-11-5-9(2-1-8(11)7-17)18-10-3-4-12(15)13(16)6-10/h1-6H,7,17H2. The van der Waals surface area contributed by atoms with Crippen LogP contribution in [0.3, 0.4) is 0 Å². The van der Waals surface area contributed by atoms with Crippen LogP contribution >= 0.6 is 11.6 Å². The van der Waals surface area contributed by atoms with Crippen LogP contribution in [0.5, 0.6) is 11.5 Å². The molecule has 2 rings (SSSR count). The van der Waals surface area contributed by atoms with E-state index in [0.29, 0.717) is 17.3 Å². The number of halogens is 3. The Morgan fingerprint density at radius 1 is 1.00 bits per heavy atom. The van der Waals surface area contributed by atoms with E-state index in [-0.39, 0.29) is 5.75 Å². The molecule has 0 fully saturated rings. The maximum Gasteiger partial charge on any atom is 0.162 e. The number of hydrogen-bond donors (Lipinski definition) is 1. The van der Waals surface area contributed by atoms with Crippen LogP contribution in [0.25, 0.3) is 0 Å². The number of hydrogen-bond acceptors (Lipinski definition) is 2. The van der Waals surface area contributed by atoms with E-state index in [1.54, 1.807) is 18.2 Å². The van der Waals surface area contributed by atoms with E-state index in [1.807, 2.05) is 0 Å². The van der Waals surface area contributed by atoms with Crippen LogP contribution in [0.2, 0.25) is 5.02 Å². The Morgan fingerprint density at radius 3 is 2.28 bits per heavy atom. The molecule has 0 heterocycles. The van der Waals surface area contributed by atoms with E-state index >= 15 is 0 Å². The van der Waals surface area contributed by atoms with Crippen molar-refractivity contribution in [1.82, 2.24) is 0 Å². The van der Waals surface area contributed by atoms with Crippen LogP contribution < -0.4 is 10.5 Å². The van der Waals surface area contributed by atoms with Crippen molar-refractivity contribution in [2.24, 2.45) is 5.73 Å². The molecule has 0 aliphatic heterocycles. The van der Waals surface area contributed by atoms with E-state index in [4.69, 9.17) is 22.1 Å². The van der Waals surface area contributed by atoms with Gasteiger partial charge in [0.25, 0.3) is 0 Å². The SMILES string of the molecule is NCc1ccc(Oc2ccc(F)c(F)c2)cc1Cl. The van der Waals surface area contributed by atoms with Crippen molar-refractivity contribution in [3.63, 3.8) is 0 Å². The molecule has 5 heteroatoms. The van der Waals surface area contributed by atoms with E-state index in [2.05, 4.69) is 0 Å². The van der Waals surface area contributed by atoms with Gasteiger partial charge < -0.3 is 10.5 Å². The van der Waals surface area contributed by atoms with Crippen LogP contribution in [0.4, 0.5) is 8.78 Å². The average molecular weight is 270 g/mol. The second-order valence-corrected chi connectivity index (χ2v) is 4.04. The van der Waals surface area contributed by atoms with Crippen LogP contribution in [-0.2, 0) is 6.54 Å². The first-order valence-electron chi connectivity index (χ1n) is 5.21. The third-order valence-electron chi connectivity index (χ3n) is 2.37. The Hall–Kier alpha value is -1.65. The zero-order chi connectivity index (χ0) is 13.1. The number of benzene rings is 2. The van der Waals surface area contributed by atoms with Crippen molar-refractivity contribution < 1.29 is 13.5 Å². The Bertz CT molecular complexity index is 575. The molecule has 0 bridgehead atoms. The first-order valence-corrected chi connectivity index (χ1v) is 5.59. The van der Waals surface area contributed by atoms with Gasteiger partial charge in [0.2, 0.25) is 0 Å². The molecule has 0 amide bonds. The summed E-state index contributed by atoms with van der Waals surface area (Å²) in [6.45, 7) is 0.324. The van der Waals surface area contributed by atoms with Gasteiger partial charge in [-0.15, -0.1) is 0 Å². The molecular weight excluding hydrogens is 260 g/mol. The monoisotopic (exact) mass is 269 g/mol. The van der Waals surface area contributed by atoms with Crippen LogP contribution in [0, 0.1) is 11.6 Å².